The van der Waals surface area contributed by atoms with Crippen LogP contribution in [0, 0.1) is 6.92 Å². The SMILES string of the molecule is CCNc1nc(CC)nc(Nc2cccc(SC)c2)c1C. The number of aromatic nitrogens is 2. The van der Waals surface area contributed by atoms with Crippen molar-refractivity contribution in [1.29, 1.82) is 0 Å². The first kappa shape index (κ1) is 15.6. The highest BCUT2D eigenvalue weighted by Crippen LogP contribution is 2.26. The van der Waals surface area contributed by atoms with Crippen LogP contribution >= 0.6 is 11.8 Å². The van der Waals surface area contributed by atoms with Crippen LogP contribution in [0.15, 0.2) is 29.2 Å². The zero-order chi connectivity index (χ0) is 15.2. The van der Waals surface area contributed by atoms with Crippen molar-refractivity contribution in [2.45, 2.75) is 32.1 Å². The van der Waals surface area contributed by atoms with E-state index in [2.05, 4.69) is 65.0 Å². The third-order valence-electron chi connectivity index (χ3n) is 3.19. The van der Waals surface area contributed by atoms with Crippen LogP contribution in [0.1, 0.15) is 25.2 Å². The summed E-state index contributed by atoms with van der Waals surface area (Å²) in [4.78, 5) is 10.4. The number of hydrogen-bond donors (Lipinski definition) is 2. The molecule has 0 unspecified atom stereocenters. The standard InChI is InChI=1S/C16H22N4S/c1-5-14-19-15(17-6-2)11(3)16(20-14)18-12-8-7-9-13(10-12)21-4/h7-10H,5-6H2,1-4H3,(H2,17,18,19,20). The first-order valence-electron chi connectivity index (χ1n) is 7.20. The van der Waals surface area contributed by atoms with Crippen molar-refractivity contribution in [1.82, 2.24) is 9.97 Å². The predicted octanol–water partition coefficient (Wildman–Crippen LogP) is 4.24. The monoisotopic (exact) mass is 302 g/mol. The fourth-order valence-electron chi connectivity index (χ4n) is 2.02. The molecule has 1 aromatic heterocycles. The molecule has 0 bridgehead atoms. The molecule has 0 atom stereocenters. The molecule has 0 saturated carbocycles. The Morgan fingerprint density at radius 2 is 1.90 bits per heavy atom. The summed E-state index contributed by atoms with van der Waals surface area (Å²) in [5.74, 6) is 2.63. The highest BCUT2D eigenvalue weighted by molar-refractivity contribution is 7.98. The van der Waals surface area contributed by atoms with Crippen LogP contribution in [0.5, 0.6) is 0 Å². The molecule has 4 nitrogen and oxygen atoms in total. The lowest BCUT2D eigenvalue weighted by molar-refractivity contribution is 0.930. The van der Waals surface area contributed by atoms with Crippen molar-refractivity contribution < 1.29 is 0 Å². The predicted molar refractivity (Wildman–Crippen MR) is 91.8 cm³/mol. The summed E-state index contributed by atoms with van der Waals surface area (Å²) in [6, 6.07) is 8.34. The van der Waals surface area contributed by atoms with Gasteiger partial charge in [-0.2, -0.15) is 0 Å². The van der Waals surface area contributed by atoms with Gasteiger partial charge < -0.3 is 10.6 Å². The van der Waals surface area contributed by atoms with E-state index in [0.29, 0.717) is 0 Å². The summed E-state index contributed by atoms with van der Waals surface area (Å²) in [7, 11) is 0. The molecule has 5 heteroatoms. The van der Waals surface area contributed by atoms with E-state index in [4.69, 9.17) is 0 Å². The van der Waals surface area contributed by atoms with Gasteiger partial charge in [-0.05, 0) is 38.3 Å². The van der Waals surface area contributed by atoms with Crippen molar-refractivity contribution >= 4 is 29.1 Å². The van der Waals surface area contributed by atoms with Crippen LogP contribution in [0.2, 0.25) is 0 Å². The van der Waals surface area contributed by atoms with Gasteiger partial charge in [0.2, 0.25) is 0 Å². The molecule has 21 heavy (non-hydrogen) atoms. The van der Waals surface area contributed by atoms with E-state index in [1.807, 2.05) is 6.92 Å². The van der Waals surface area contributed by atoms with E-state index in [9.17, 15) is 0 Å². The Kier molecular flexibility index (Phi) is 5.44. The molecule has 112 valence electrons. The molecule has 0 aliphatic rings. The Labute approximate surface area is 130 Å². The number of thioether (sulfide) groups is 1. The van der Waals surface area contributed by atoms with E-state index in [-0.39, 0.29) is 0 Å². The van der Waals surface area contributed by atoms with Gasteiger partial charge in [0.1, 0.15) is 17.5 Å². The van der Waals surface area contributed by atoms with E-state index in [1.54, 1.807) is 11.8 Å². The van der Waals surface area contributed by atoms with Gasteiger partial charge >= 0.3 is 0 Å². The van der Waals surface area contributed by atoms with Gasteiger partial charge in [0.05, 0.1) is 0 Å². The summed E-state index contributed by atoms with van der Waals surface area (Å²) in [5, 5.41) is 6.72. The molecule has 0 radical (unpaired) electrons. The Morgan fingerprint density at radius 1 is 1.14 bits per heavy atom. The van der Waals surface area contributed by atoms with Crippen molar-refractivity contribution in [3.05, 3.63) is 35.7 Å². The topological polar surface area (TPSA) is 49.8 Å². The Bertz CT molecular complexity index is 613. The number of aryl methyl sites for hydroxylation is 1. The minimum absolute atomic E-state index is 0.818. The lowest BCUT2D eigenvalue weighted by Crippen LogP contribution is -2.09. The molecule has 2 rings (SSSR count). The van der Waals surface area contributed by atoms with Crippen LogP contribution in [-0.4, -0.2) is 22.8 Å². The fourth-order valence-corrected chi connectivity index (χ4v) is 2.48. The zero-order valence-electron chi connectivity index (χ0n) is 13.0. The Morgan fingerprint density at radius 3 is 2.57 bits per heavy atom. The summed E-state index contributed by atoms with van der Waals surface area (Å²) in [6.07, 6.45) is 2.89. The zero-order valence-corrected chi connectivity index (χ0v) is 13.8. The molecule has 1 aromatic carbocycles. The van der Waals surface area contributed by atoms with Crippen molar-refractivity contribution in [3.63, 3.8) is 0 Å². The van der Waals surface area contributed by atoms with E-state index < -0.39 is 0 Å². The molecule has 0 saturated heterocycles. The molecular formula is C16H22N4S. The summed E-state index contributed by atoms with van der Waals surface area (Å²) >= 11 is 1.73. The number of benzene rings is 1. The van der Waals surface area contributed by atoms with Crippen molar-refractivity contribution in [3.8, 4) is 0 Å². The Balaban J connectivity index is 2.35. The van der Waals surface area contributed by atoms with Gasteiger partial charge in [-0.25, -0.2) is 9.97 Å². The van der Waals surface area contributed by atoms with Gasteiger partial charge in [0.15, 0.2) is 0 Å². The number of hydrogen-bond acceptors (Lipinski definition) is 5. The molecule has 0 spiro atoms. The van der Waals surface area contributed by atoms with Crippen LogP contribution in [0.25, 0.3) is 0 Å². The molecule has 2 N–H and O–H groups in total. The van der Waals surface area contributed by atoms with Gasteiger partial charge in [-0.1, -0.05) is 13.0 Å². The summed E-state index contributed by atoms with van der Waals surface area (Å²) < 4.78 is 0. The smallest absolute Gasteiger partial charge is 0.139 e. The number of rotatable bonds is 6. The summed E-state index contributed by atoms with van der Waals surface area (Å²) in [6.45, 7) is 7.03. The maximum Gasteiger partial charge on any atom is 0.139 e. The van der Waals surface area contributed by atoms with Gasteiger partial charge in [0.25, 0.3) is 0 Å². The highest BCUT2D eigenvalue weighted by Gasteiger charge is 2.10. The first-order chi connectivity index (χ1) is 10.2. The molecule has 0 amide bonds. The molecular weight excluding hydrogens is 280 g/mol. The number of nitrogens with zero attached hydrogens (tertiary/aromatic N) is 2. The second-order valence-electron chi connectivity index (χ2n) is 4.70. The third-order valence-corrected chi connectivity index (χ3v) is 3.91. The molecule has 1 heterocycles. The number of anilines is 3. The van der Waals surface area contributed by atoms with Crippen molar-refractivity contribution in [2.24, 2.45) is 0 Å². The number of nitrogens with one attached hydrogen (secondary N) is 2. The average Bonchev–Trinajstić information content (AvgIpc) is 2.51. The lowest BCUT2D eigenvalue weighted by Gasteiger charge is -2.14. The quantitative estimate of drug-likeness (QED) is 0.781. The largest absolute Gasteiger partial charge is 0.370 e. The highest BCUT2D eigenvalue weighted by atomic mass is 32.2. The van der Waals surface area contributed by atoms with Crippen molar-refractivity contribution in [2.75, 3.05) is 23.4 Å². The van der Waals surface area contributed by atoms with E-state index >= 15 is 0 Å². The fraction of sp³-hybridized carbons (Fsp3) is 0.375. The second kappa shape index (κ2) is 7.31. The minimum Gasteiger partial charge on any atom is -0.370 e. The van der Waals surface area contributed by atoms with Crippen LogP contribution in [-0.2, 0) is 6.42 Å². The second-order valence-corrected chi connectivity index (χ2v) is 5.58. The molecule has 0 fully saturated rings. The van der Waals surface area contributed by atoms with E-state index in [0.717, 1.165) is 41.7 Å². The lowest BCUT2D eigenvalue weighted by atomic mass is 10.2. The maximum atomic E-state index is 4.62. The minimum atomic E-state index is 0.818. The Hall–Kier alpha value is -1.75. The molecule has 0 aliphatic heterocycles. The van der Waals surface area contributed by atoms with Gasteiger partial charge in [-0.15, -0.1) is 11.8 Å². The van der Waals surface area contributed by atoms with Crippen LogP contribution in [0.3, 0.4) is 0 Å². The summed E-state index contributed by atoms with van der Waals surface area (Å²) in [5.41, 5.74) is 2.09. The average molecular weight is 302 g/mol. The van der Waals surface area contributed by atoms with Gasteiger partial charge in [-0.3, -0.25) is 0 Å². The van der Waals surface area contributed by atoms with E-state index in [1.165, 1.54) is 4.90 Å². The van der Waals surface area contributed by atoms with Crippen LogP contribution < -0.4 is 10.6 Å². The maximum absolute atomic E-state index is 4.62. The third kappa shape index (κ3) is 3.88. The molecule has 0 aliphatic carbocycles. The molecule has 2 aromatic rings. The van der Waals surface area contributed by atoms with Crippen LogP contribution in [0.4, 0.5) is 17.3 Å². The first-order valence-corrected chi connectivity index (χ1v) is 8.42. The normalized spacial score (nSPS) is 10.5. The van der Waals surface area contributed by atoms with Gasteiger partial charge in [0, 0.05) is 29.1 Å².